The maximum absolute atomic E-state index is 12.9. The van der Waals surface area contributed by atoms with Gasteiger partial charge in [-0.1, -0.05) is 6.07 Å². The van der Waals surface area contributed by atoms with E-state index in [0.29, 0.717) is 29.0 Å². The zero-order valence-electron chi connectivity index (χ0n) is 15.5. The van der Waals surface area contributed by atoms with Gasteiger partial charge in [-0.05, 0) is 30.4 Å². The Kier molecular flexibility index (Phi) is 5.22. The molecule has 3 atom stereocenters. The second-order valence-corrected chi connectivity index (χ2v) is 8.32. The molecular formula is C19H22N4O4S. The first kappa shape index (κ1) is 19.1. The summed E-state index contributed by atoms with van der Waals surface area (Å²) in [5.74, 6) is -1.92. The van der Waals surface area contributed by atoms with Gasteiger partial charge in [0, 0.05) is 37.3 Å². The van der Waals surface area contributed by atoms with Crippen molar-refractivity contribution in [2.45, 2.75) is 36.7 Å². The Balaban J connectivity index is 1.49. The number of hydrogen-bond acceptors (Lipinski definition) is 7. The number of piperidine rings is 1. The number of fused-ring (bicyclic) bond motifs is 1. The number of amides is 4. The highest BCUT2D eigenvalue weighted by Crippen LogP contribution is 2.28. The lowest BCUT2D eigenvalue weighted by molar-refractivity contribution is -0.136. The summed E-state index contributed by atoms with van der Waals surface area (Å²) in [4.78, 5) is 50.0. The van der Waals surface area contributed by atoms with E-state index in [-0.39, 0.29) is 18.7 Å². The van der Waals surface area contributed by atoms with Crippen molar-refractivity contribution in [3.63, 3.8) is 0 Å². The topological polar surface area (TPSA) is 108 Å². The van der Waals surface area contributed by atoms with Crippen LogP contribution < -0.4 is 16.0 Å². The Morgan fingerprint density at radius 3 is 2.68 bits per heavy atom. The number of imide groups is 2. The molecule has 3 aliphatic heterocycles. The predicted molar refractivity (Wildman–Crippen MR) is 104 cm³/mol. The Hall–Kier alpha value is -2.23. The minimum atomic E-state index is -0.932. The van der Waals surface area contributed by atoms with E-state index < -0.39 is 23.8 Å². The van der Waals surface area contributed by atoms with Crippen molar-refractivity contribution >= 4 is 35.4 Å². The fourth-order valence-electron chi connectivity index (χ4n) is 3.98. The molecule has 0 aliphatic carbocycles. The average molecular weight is 402 g/mol. The largest absolute Gasteiger partial charge is 0.314 e. The number of hydrogen-bond donors (Lipinski definition) is 3. The second-order valence-electron chi connectivity index (χ2n) is 7.25. The number of thioether (sulfide) groups is 1. The van der Waals surface area contributed by atoms with Gasteiger partial charge in [-0.15, -0.1) is 0 Å². The summed E-state index contributed by atoms with van der Waals surface area (Å²) in [7, 11) is 0. The fraction of sp³-hybridized carbons (Fsp3) is 0.474. The summed E-state index contributed by atoms with van der Waals surface area (Å²) in [5.41, 5.74) is 1.54. The first-order valence-corrected chi connectivity index (χ1v) is 10.6. The van der Waals surface area contributed by atoms with E-state index in [1.807, 2.05) is 17.8 Å². The first-order chi connectivity index (χ1) is 13.5. The lowest BCUT2D eigenvalue weighted by atomic mass is 10.0. The number of carbonyl (C=O) groups is 4. The van der Waals surface area contributed by atoms with E-state index in [0.717, 1.165) is 23.6 Å². The van der Waals surface area contributed by atoms with Crippen LogP contribution in [0.25, 0.3) is 0 Å². The zero-order valence-corrected chi connectivity index (χ0v) is 16.3. The third-order valence-electron chi connectivity index (χ3n) is 5.53. The van der Waals surface area contributed by atoms with Crippen molar-refractivity contribution in [3.05, 3.63) is 34.9 Å². The van der Waals surface area contributed by atoms with Gasteiger partial charge >= 0.3 is 0 Å². The van der Waals surface area contributed by atoms with E-state index >= 15 is 0 Å². The molecule has 0 bridgehead atoms. The van der Waals surface area contributed by atoms with E-state index in [9.17, 15) is 19.2 Å². The molecule has 1 unspecified atom stereocenters. The second kappa shape index (κ2) is 7.65. The molecule has 0 aromatic heterocycles. The van der Waals surface area contributed by atoms with Crippen LogP contribution >= 0.6 is 11.8 Å². The minimum absolute atomic E-state index is 0.116. The molecule has 0 spiro atoms. The van der Waals surface area contributed by atoms with E-state index in [1.165, 1.54) is 0 Å². The fourth-order valence-corrected chi connectivity index (χ4v) is 4.79. The van der Waals surface area contributed by atoms with E-state index in [4.69, 9.17) is 0 Å². The predicted octanol–water partition coefficient (Wildman–Crippen LogP) is -0.119. The highest BCUT2D eigenvalue weighted by atomic mass is 32.2. The SMILES string of the molecule is CS[C@@H]1CNC[C@H]1NCc1ccc2c(c1)C(=O)N(C1CCC(=O)NC1=O)C2=O. The van der Waals surface area contributed by atoms with Gasteiger partial charge in [0.15, 0.2) is 0 Å². The van der Waals surface area contributed by atoms with Crippen molar-refractivity contribution in [1.82, 2.24) is 20.9 Å². The van der Waals surface area contributed by atoms with Gasteiger partial charge < -0.3 is 10.6 Å². The van der Waals surface area contributed by atoms with Crippen LogP contribution in [0.3, 0.4) is 0 Å². The van der Waals surface area contributed by atoms with Gasteiger partial charge in [0.25, 0.3) is 11.8 Å². The smallest absolute Gasteiger partial charge is 0.262 e. The standard InChI is InChI=1S/C19H22N4O4S/c1-28-15-9-20-8-13(15)21-7-10-2-3-11-12(6-10)19(27)23(18(11)26)14-4-5-16(24)22-17(14)25/h2-3,6,13-15,20-21H,4-5,7-9H2,1H3,(H,22,24,25)/t13-,14?,15-/m1/s1. The normalized spacial score (nSPS) is 27.3. The maximum atomic E-state index is 12.9. The number of benzene rings is 1. The van der Waals surface area contributed by atoms with Crippen LogP contribution in [0.4, 0.5) is 0 Å². The molecule has 4 rings (SSSR count). The number of carbonyl (C=O) groups excluding carboxylic acids is 4. The molecule has 8 nitrogen and oxygen atoms in total. The molecule has 0 saturated carbocycles. The summed E-state index contributed by atoms with van der Waals surface area (Å²) in [5, 5.41) is 9.58. The van der Waals surface area contributed by atoms with Crippen LogP contribution in [0.1, 0.15) is 39.1 Å². The van der Waals surface area contributed by atoms with Crippen LogP contribution in [0.15, 0.2) is 18.2 Å². The van der Waals surface area contributed by atoms with E-state index in [1.54, 1.807) is 12.1 Å². The third kappa shape index (κ3) is 3.34. The quantitative estimate of drug-likeness (QED) is 0.590. The molecule has 3 N–H and O–H groups in total. The lowest BCUT2D eigenvalue weighted by Gasteiger charge is -2.27. The molecule has 4 amide bonds. The lowest BCUT2D eigenvalue weighted by Crippen LogP contribution is -2.54. The Morgan fingerprint density at radius 1 is 1.14 bits per heavy atom. The van der Waals surface area contributed by atoms with E-state index in [2.05, 4.69) is 22.2 Å². The van der Waals surface area contributed by atoms with Crippen LogP contribution in [0.2, 0.25) is 0 Å². The molecule has 9 heteroatoms. The summed E-state index contributed by atoms with van der Waals surface area (Å²) < 4.78 is 0. The van der Waals surface area contributed by atoms with Gasteiger partial charge in [0.2, 0.25) is 11.8 Å². The number of nitrogens with zero attached hydrogens (tertiary/aromatic N) is 1. The average Bonchev–Trinajstić information content (AvgIpc) is 3.23. The molecule has 3 aliphatic rings. The van der Waals surface area contributed by atoms with Gasteiger partial charge in [0.1, 0.15) is 6.04 Å². The zero-order chi connectivity index (χ0) is 19.8. The molecule has 1 aromatic rings. The van der Waals surface area contributed by atoms with Gasteiger partial charge in [-0.2, -0.15) is 11.8 Å². The Bertz CT molecular complexity index is 858. The van der Waals surface area contributed by atoms with Crippen molar-refractivity contribution < 1.29 is 19.2 Å². The van der Waals surface area contributed by atoms with Crippen LogP contribution in [0, 0.1) is 0 Å². The molecule has 28 heavy (non-hydrogen) atoms. The Morgan fingerprint density at radius 2 is 1.93 bits per heavy atom. The molecule has 0 radical (unpaired) electrons. The molecule has 1 aromatic carbocycles. The molecule has 148 valence electrons. The summed E-state index contributed by atoms with van der Waals surface area (Å²) in [6, 6.07) is 4.63. The Labute approximate surface area is 166 Å². The molecular weight excluding hydrogens is 380 g/mol. The van der Waals surface area contributed by atoms with Crippen LogP contribution in [-0.2, 0) is 16.1 Å². The monoisotopic (exact) mass is 402 g/mol. The third-order valence-corrected chi connectivity index (χ3v) is 6.63. The summed E-state index contributed by atoms with van der Waals surface area (Å²) >= 11 is 1.82. The maximum Gasteiger partial charge on any atom is 0.262 e. The molecule has 2 saturated heterocycles. The van der Waals surface area contributed by atoms with Crippen LogP contribution in [0.5, 0.6) is 0 Å². The van der Waals surface area contributed by atoms with Crippen molar-refractivity contribution in [3.8, 4) is 0 Å². The summed E-state index contributed by atoms with van der Waals surface area (Å²) in [6.45, 7) is 2.46. The first-order valence-electron chi connectivity index (χ1n) is 9.31. The van der Waals surface area contributed by atoms with Gasteiger partial charge in [-0.3, -0.25) is 29.4 Å². The summed E-state index contributed by atoms with van der Waals surface area (Å²) in [6.07, 6.45) is 2.37. The van der Waals surface area contributed by atoms with Crippen molar-refractivity contribution in [2.24, 2.45) is 0 Å². The van der Waals surface area contributed by atoms with Crippen molar-refractivity contribution in [1.29, 1.82) is 0 Å². The van der Waals surface area contributed by atoms with Gasteiger partial charge in [0.05, 0.1) is 11.1 Å². The number of nitrogens with one attached hydrogen (secondary N) is 3. The molecule has 2 fully saturated rings. The molecule has 3 heterocycles. The minimum Gasteiger partial charge on any atom is -0.314 e. The van der Waals surface area contributed by atoms with Gasteiger partial charge in [-0.25, -0.2) is 0 Å². The van der Waals surface area contributed by atoms with Crippen LogP contribution in [-0.4, -0.2) is 65.2 Å². The highest BCUT2D eigenvalue weighted by molar-refractivity contribution is 7.99. The highest BCUT2D eigenvalue weighted by Gasteiger charge is 2.44. The number of rotatable bonds is 5. The van der Waals surface area contributed by atoms with Crippen molar-refractivity contribution in [2.75, 3.05) is 19.3 Å².